The minimum absolute atomic E-state index is 0.0856. The molecule has 0 fully saturated rings. The van der Waals surface area contributed by atoms with Crippen LogP contribution in [0.25, 0.3) is 0 Å². The molecule has 0 saturated heterocycles. The van der Waals surface area contributed by atoms with Gasteiger partial charge in [0.25, 0.3) is 0 Å². The molecule has 2 atom stereocenters. The van der Waals surface area contributed by atoms with E-state index in [1.54, 1.807) is 13.8 Å². The summed E-state index contributed by atoms with van der Waals surface area (Å²) in [5.74, 6) is 1.02. The number of nitrogens with zero attached hydrogens (tertiary/aromatic N) is 1. The van der Waals surface area contributed by atoms with E-state index >= 15 is 0 Å². The number of amides is 1. The average Bonchev–Trinajstić information content (AvgIpc) is 2.64. The predicted octanol–water partition coefficient (Wildman–Crippen LogP) is 2.61. The zero-order valence-corrected chi connectivity index (χ0v) is 17.8. The van der Waals surface area contributed by atoms with Gasteiger partial charge in [0.2, 0.25) is 0 Å². The van der Waals surface area contributed by atoms with Crippen molar-refractivity contribution < 1.29 is 14.6 Å². The number of carbonyl (C=O) groups excluding carboxylic acids is 1. The van der Waals surface area contributed by atoms with Crippen molar-refractivity contribution in [3.63, 3.8) is 0 Å². The van der Waals surface area contributed by atoms with E-state index in [9.17, 15) is 9.90 Å². The Morgan fingerprint density at radius 2 is 1.89 bits per heavy atom. The molecule has 0 aliphatic rings. The van der Waals surface area contributed by atoms with Gasteiger partial charge in [0.15, 0.2) is 5.96 Å². The second-order valence-corrected chi connectivity index (χ2v) is 7.41. The van der Waals surface area contributed by atoms with Crippen LogP contribution >= 0.6 is 0 Å². The number of hydrogen-bond donors (Lipinski definition) is 4. The first-order chi connectivity index (χ1) is 13.3. The Bertz CT molecular complexity index is 603. The summed E-state index contributed by atoms with van der Waals surface area (Å²) in [5, 5.41) is 20.1. The molecule has 0 saturated carbocycles. The van der Waals surface area contributed by atoms with Crippen LogP contribution < -0.4 is 16.0 Å². The molecule has 0 aromatic heterocycles. The Kier molecular flexibility index (Phi) is 10.4. The normalized spacial score (nSPS) is 14.9. The second kappa shape index (κ2) is 12.2. The maximum absolute atomic E-state index is 11.8. The van der Waals surface area contributed by atoms with Gasteiger partial charge in [0.1, 0.15) is 5.60 Å². The van der Waals surface area contributed by atoms with E-state index in [0.29, 0.717) is 31.6 Å². The van der Waals surface area contributed by atoms with Gasteiger partial charge in [-0.1, -0.05) is 44.2 Å². The molecular weight excluding hydrogens is 356 g/mol. The lowest BCUT2D eigenvalue weighted by atomic mass is 9.96. The molecule has 1 aromatic rings. The molecule has 0 aliphatic carbocycles. The van der Waals surface area contributed by atoms with Gasteiger partial charge in [-0.05, 0) is 38.7 Å². The van der Waals surface area contributed by atoms with Crippen LogP contribution in [0.3, 0.4) is 0 Å². The van der Waals surface area contributed by atoms with E-state index in [1.165, 1.54) is 0 Å². The highest BCUT2D eigenvalue weighted by Crippen LogP contribution is 2.20. The van der Waals surface area contributed by atoms with Gasteiger partial charge < -0.3 is 25.8 Å². The predicted molar refractivity (Wildman–Crippen MR) is 113 cm³/mol. The van der Waals surface area contributed by atoms with Crippen LogP contribution in [-0.2, 0) is 10.3 Å². The molecule has 1 rings (SSSR count). The van der Waals surface area contributed by atoms with E-state index in [1.807, 2.05) is 37.3 Å². The molecule has 0 spiro atoms. The van der Waals surface area contributed by atoms with Crippen LogP contribution in [0.4, 0.5) is 4.79 Å². The summed E-state index contributed by atoms with van der Waals surface area (Å²) < 4.78 is 4.99. The fraction of sp³-hybridized carbons (Fsp3) is 0.619. The second-order valence-electron chi connectivity index (χ2n) is 7.41. The van der Waals surface area contributed by atoms with E-state index in [2.05, 4.69) is 34.8 Å². The third kappa shape index (κ3) is 9.08. The Labute approximate surface area is 169 Å². The van der Waals surface area contributed by atoms with Crippen molar-refractivity contribution in [2.24, 2.45) is 10.9 Å². The van der Waals surface area contributed by atoms with E-state index < -0.39 is 11.7 Å². The lowest BCUT2D eigenvalue weighted by Gasteiger charge is -2.24. The third-order valence-corrected chi connectivity index (χ3v) is 4.15. The highest BCUT2D eigenvalue weighted by Gasteiger charge is 2.22. The lowest BCUT2D eigenvalue weighted by molar-refractivity contribution is 0.0672. The molecule has 2 unspecified atom stereocenters. The molecule has 7 nitrogen and oxygen atoms in total. The highest BCUT2D eigenvalue weighted by atomic mass is 16.5. The van der Waals surface area contributed by atoms with Crippen molar-refractivity contribution in [1.82, 2.24) is 16.0 Å². The van der Waals surface area contributed by atoms with Crippen LogP contribution in [0.2, 0.25) is 0 Å². The fourth-order valence-corrected chi connectivity index (χ4v) is 2.78. The van der Waals surface area contributed by atoms with Gasteiger partial charge >= 0.3 is 6.09 Å². The molecule has 4 N–H and O–H groups in total. The molecule has 0 radical (unpaired) electrons. The topological polar surface area (TPSA) is 95.0 Å². The Morgan fingerprint density at radius 1 is 1.21 bits per heavy atom. The molecule has 1 amide bonds. The molecule has 1 aromatic carbocycles. The number of ether oxygens (including phenoxy) is 1. The number of aliphatic hydroxyl groups is 1. The van der Waals surface area contributed by atoms with Crippen molar-refractivity contribution in [3.05, 3.63) is 35.9 Å². The summed E-state index contributed by atoms with van der Waals surface area (Å²) >= 11 is 0. The molecule has 0 bridgehead atoms. The number of alkyl carbamates (subject to hydrolysis) is 1. The van der Waals surface area contributed by atoms with E-state index in [-0.39, 0.29) is 12.6 Å². The number of hydrogen-bond acceptors (Lipinski definition) is 4. The number of carbonyl (C=O) groups is 1. The molecule has 0 heterocycles. The monoisotopic (exact) mass is 392 g/mol. The van der Waals surface area contributed by atoms with Crippen LogP contribution in [0.1, 0.15) is 46.6 Å². The fourth-order valence-electron chi connectivity index (χ4n) is 2.78. The van der Waals surface area contributed by atoms with Gasteiger partial charge in [-0.25, -0.2) is 9.79 Å². The van der Waals surface area contributed by atoms with Gasteiger partial charge in [-0.15, -0.1) is 0 Å². The third-order valence-electron chi connectivity index (χ3n) is 4.15. The van der Waals surface area contributed by atoms with Crippen molar-refractivity contribution >= 4 is 12.1 Å². The van der Waals surface area contributed by atoms with Crippen molar-refractivity contribution in [3.8, 4) is 0 Å². The zero-order valence-electron chi connectivity index (χ0n) is 17.8. The van der Waals surface area contributed by atoms with Crippen molar-refractivity contribution in [2.75, 3.05) is 26.2 Å². The van der Waals surface area contributed by atoms with Gasteiger partial charge in [0, 0.05) is 19.1 Å². The molecular formula is C21H36N4O3. The Hall–Kier alpha value is -2.28. The molecule has 0 aliphatic heterocycles. The quantitative estimate of drug-likeness (QED) is 0.363. The smallest absolute Gasteiger partial charge is 0.407 e. The van der Waals surface area contributed by atoms with Crippen LogP contribution in [-0.4, -0.2) is 49.4 Å². The molecule has 158 valence electrons. The van der Waals surface area contributed by atoms with Gasteiger partial charge in [-0.3, -0.25) is 0 Å². The standard InChI is InChI=1S/C21H36N4O3/c1-6-22-19(24-15-21(5,27)17-11-9-8-10-12-17)23-14-18(13-16(3)4)25-20(26)28-7-2/h8-12,16,18,27H,6-7,13-15H2,1-5H3,(H,25,26)(H2,22,23,24). The van der Waals surface area contributed by atoms with E-state index in [0.717, 1.165) is 12.0 Å². The largest absolute Gasteiger partial charge is 0.450 e. The van der Waals surface area contributed by atoms with Crippen LogP contribution in [0.5, 0.6) is 0 Å². The summed E-state index contributed by atoms with van der Waals surface area (Å²) in [6, 6.07) is 9.40. The Balaban J connectivity index is 2.74. The summed E-state index contributed by atoms with van der Waals surface area (Å²) in [7, 11) is 0. The minimum Gasteiger partial charge on any atom is -0.450 e. The van der Waals surface area contributed by atoms with E-state index in [4.69, 9.17) is 4.74 Å². The average molecular weight is 393 g/mol. The molecule has 28 heavy (non-hydrogen) atoms. The lowest BCUT2D eigenvalue weighted by Crippen LogP contribution is -2.48. The first kappa shape index (κ1) is 23.8. The van der Waals surface area contributed by atoms with Crippen LogP contribution in [0, 0.1) is 5.92 Å². The first-order valence-electron chi connectivity index (χ1n) is 10.0. The number of nitrogens with one attached hydrogen (secondary N) is 3. The van der Waals surface area contributed by atoms with Gasteiger partial charge in [-0.2, -0.15) is 0 Å². The Morgan fingerprint density at radius 3 is 2.46 bits per heavy atom. The summed E-state index contributed by atoms with van der Waals surface area (Å²) in [4.78, 5) is 16.3. The number of guanidine groups is 1. The maximum atomic E-state index is 11.8. The van der Waals surface area contributed by atoms with Crippen molar-refractivity contribution in [2.45, 2.75) is 52.7 Å². The minimum atomic E-state index is -1.07. The molecule has 7 heteroatoms. The van der Waals surface area contributed by atoms with Crippen LogP contribution in [0.15, 0.2) is 35.3 Å². The zero-order chi connectivity index (χ0) is 21.0. The van der Waals surface area contributed by atoms with Gasteiger partial charge in [0.05, 0.1) is 13.2 Å². The SMILES string of the molecule is CCNC(=NCC(C)(O)c1ccccc1)NCC(CC(C)C)NC(=O)OCC. The summed E-state index contributed by atoms with van der Waals surface area (Å²) in [5.41, 5.74) is -0.249. The summed E-state index contributed by atoms with van der Waals surface area (Å²) in [6.07, 6.45) is 0.399. The summed E-state index contributed by atoms with van der Waals surface area (Å²) in [6.45, 7) is 11.5. The number of rotatable bonds is 10. The number of benzene rings is 1. The van der Waals surface area contributed by atoms with Crippen molar-refractivity contribution in [1.29, 1.82) is 0 Å². The maximum Gasteiger partial charge on any atom is 0.407 e. The number of aliphatic imine (C=N–C) groups is 1. The first-order valence-corrected chi connectivity index (χ1v) is 10.0. The highest BCUT2D eigenvalue weighted by molar-refractivity contribution is 5.80.